The van der Waals surface area contributed by atoms with Crippen LogP contribution in [0, 0.1) is 0 Å². The van der Waals surface area contributed by atoms with Crippen molar-refractivity contribution in [2.45, 2.75) is 19.8 Å². The van der Waals surface area contributed by atoms with Gasteiger partial charge in [0.2, 0.25) is 0 Å². The van der Waals surface area contributed by atoms with Crippen molar-refractivity contribution < 1.29 is 0 Å². The highest BCUT2D eigenvalue weighted by atomic mass is 35.5. The summed E-state index contributed by atoms with van der Waals surface area (Å²) >= 11 is 5.70. The van der Waals surface area contributed by atoms with E-state index in [1.165, 1.54) is 0 Å². The molecule has 1 aromatic rings. The summed E-state index contributed by atoms with van der Waals surface area (Å²) < 4.78 is 0. The van der Waals surface area contributed by atoms with Gasteiger partial charge in [-0.05, 0) is 18.1 Å². The molecule has 0 bridgehead atoms. The lowest BCUT2D eigenvalue weighted by Gasteiger charge is -2.04. The molecule has 0 aliphatic carbocycles. The first kappa shape index (κ1) is 8.34. The summed E-state index contributed by atoms with van der Waals surface area (Å²) in [6, 6.07) is 3.49. The average Bonchev–Trinajstić information content (AvgIpc) is 1.85. The first-order valence-electron chi connectivity index (χ1n) is 3.52. The van der Waals surface area contributed by atoms with Gasteiger partial charge < -0.3 is 5.73 Å². The van der Waals surface area contributed by atoms with Gasteiger partial charge in [0.15, 0.2) is 0 Å². The number of rotatable bonds is 1. The van der Waals surface area contributed by atoms with Crippen LogP contribution in [0.2, 0.25) is 5.15 Å². The molecule has 60 valence electrons. The number of anilines is 1. The Morgan fingerprint density at radius 1 is 1.45 bits per heavy atom. The lowest BCUT2D eigenvalue weighted by Crippen LogP contribution is -1.95. The molecule has 0 aliphatic rings. The van der Waals surface area contributed by atoms with Gasteiger partial charge in [0.1, 0.15) is 5.15 Å². The van der Waals surface area contributed by atoms with Gasteiger partial charge in [-0.1, -0.05) is 25.4 Å². The van der Waals surface area contributed by atoms with Gasteiger partial charge in [-0.25, -0.2) is 4.98 Å². The van der Waals surface area contributed by atoms with Gasteiger partial charge in [-0.2, -0.15) is 0 Å². The molecule has 2 N–H and O–H groups in total. The summed E-state index contributed by atoms with van der Waals surface area (Å²) in [6.45, 7) is 4.11. The van der Waals surface area contributed by atoms with Crippen molar-refractivity contribution in [3.63, 3.8) is 0 Å². The molecule has 0 atom stereocenters. The Morgan fingerprint density at radius 2 is 2.09 bits per heavy atom. The highest BCUT2D eigenvalue weighted by Crippen LogP contribution is 2.18. The number of hydrogen-bond acceptors (Lipinski definition) is 2. The molecule has 0 saturated heterocycles. The molecule has 0 saturated carbocycles. The van der Waals surface area contributed by atoms with E-state index < -0.39 is 0 Å². The average molecular weight is 171 g/mol. The smallest absolute Gasteiger partial charge is 0.131 e. The zero-order valence-corrected chi connectivity index (χ0v) is 7.39. The van der Waals surface area contributed by atoms with Crippen LogP contribution in [0.4, 0.5) is 5.69 Å². The molecule has 1 rings (SSSR count). The van der Waals surface area contributed by atoms with Crippen molar-refractivity contribution in [2.24, 2.45) is 0 Å². The van der Waals surface area contributed by atoms with E-state index in [2.05, 4.69) is 18.8 Å². The standard InChI is InChI=1S/C8H11ClN2/c1-5(2)7-3-6(10)4-8(9)11-7/h3-5H,1-2H3,(H2,10,11). The molecule has 3 heteroatoms. The second-order valence-electron chi connectivity index (χ2n) is 2.80. The third kappa shape index (κ3) is 2.09. The van der Waals surface area contributed by atoms with Gasteiger partial charge in [0, 0.05) is 11.4 Å². The topological polar surface area (TPSA) is 38.9 Å². The Kier molecular flexibility index (Phi) is 2.35. The van der Waals surface area contributed by atoms with E-state index in [4.69, 9.17) is 17.3 Å². The van der Waals surface area contributed by atoms with E-state index in [0.717, 1.165) is 5.69 Å². The van der Waals surface area contributed by atoms with E-state index in [1.54, 1.807) is 6.07 Å². The van der Waals surface area contributed by atoms with E-state index in [0.29, 0.717) is 16.8 Å². The van der Waals surface area contributed by atoms with Crippen molar-refractivity contribution in [3.8, 4) is 0 Å². The number of pyridine rings is 1. The van der Waals surface area contributed by atoms with Gasteiger partial charge in [-0.15, -0.1) is 0 Å². The molecule has 0 spiro atoms. The van der Waals surface area contributed by atoms with Crippen molar-refractivity contribution in [1.82, 2.24) is 4.98 Å². The van der Waals surface area contributed by atoms with Crippen LogP contribution < -0.4 is 5.73 Å². The molecule has 0 fully saturated rings. The minimum atomic E-state index is 0.371. The maximum absolute atomic E-state index is 5.70. The van der Waals surface area contributed by atoms with Crippen LogP contribution >= 0.6 is 11.6 Å². The zero-order valence-electron chi connectivity index (χ0n) is 6.63. The fourth-order valence-corrected chi connectivity index (χ4v) is 1.06. The van der Waals surface area contributed by atoms with Crippen molar-refractivity contribution in [2.75, 3.05) is 5.73 Å². The fraction of sp³-hybridized carbons (Fsp3) is 0.375. The van der Waals surface area contributed by atoms with E-state index in [1.807, 2.05) is 6.07 Å². The lowest BCUT2D eigenvalue weighted by molar-refractivity contribution is 0.824. The van der Waals surface area contributed by atoms with Crippen molar-refractivity contribution >= 4 is 17.3 Å². The predicted octanol–water partition coefficient (Wildman–Crippen LogP) is 2.44. The SMILES string of the molecule is CC(C)c1cc(N)cc(Cl)n1. The fourth-order valence-electron chi connectivity index (χ4n) is 0.834. The molecular formula is C8H11ClN2. The Hall–Kier alpha value is -0.760. The van der Waals surface area contributed by atoms with E-state index >= 15 is 0 Å². The summed E-state index contributed by atoms with van der Waals surface area (Å²) in [6.07, 6.45) is 0. The zero-order chi connectivity index (χ0) is 8.43. The number of halogens is 1. The number of hydrogen-bond donors (Lipinski definition) is 1. The van der Waals surface area contributed by atoms with Crippen LogP contribution in [0.3, 0.4) is 0 Å². The summed E-state index contributed by atoms with van der Waals surface area (Å²) in [7, 11) is 0. The minimum absolute atomic E-state index is 0.371. The molecule has 2 nitrogen and oxygen atoms in total. The largest absolute Gasteiger partial charge is 0.399 e. The third-order valence-electron chi connectivity index (χ3n) is 1.43. The van der Waals surface area contributed by atoms with Gasteiger partial charge in [0.05, 0.1) is 0 Å². The number of nitrogens with zero attached hydrogens (tertiary/aromatic N) is 1. The number of nitrogen functional groups attached to an aromatic ring is 1. The Bertz CT molecular complexity index is 238. The second-order valence-corrected chi connectivity index (χ2v) is 3.19. The minimum Gasteiger partial charge on any atom is -0.399 e. The second kappa shape index (κ2) is 3.09. The van der Waals surface area contributed by atoms with Crippen LogP contribution in [0.5, 0.6) is 0 Å². The molecule has 1 aromatic heterocycles. The quantitative estimate of drug-likeness (QED) is 0.658. The monoisotopic (exact) mass is 170 g/mol. The van der Waals surface area contributed by atoms with Gasteiger partial charge in [0.25, 0.3) is 0 Å². The van der Waals surface area contributed by atoms with E-state index in [9.17, 15) is 0 Å². The maximum Gasteiger partial charge on any atom is 0.131 e. The first-order chi connectivity index (χ1) is 5.09. The predicted molar refractivity (Wildman–Crippen MR) is 47.7 cm³/mol. The summed E-state index contributed by atoms with van der Waals surface area (Å²) in [5.41, 5.74) is 7.19. The van der Waals surface area contributed by atoms with Crippen LogP contribution in [0.15, 0.2) is 12.1 Å². The summed E-state index contributed by atoms with van der Waals surface area (Å²) in [5, 5.41) is 0.466. The molecule has 0 aliphatic heterocycles. The van der Waals surface area contributed by atoms with Gasteiger partial charge >= 0.3 is 0 Å². The maximum atomic E-state index is 5.70. The molecular weight excluding hydrogens is 160 g/mol. The van der Waals surface area contributed by atoms with Crippen LogP contribution in [0.25, 0.3) is 0 Å². The van der Waals surface area contributed by atoms with Crippen molar-refractivity contribution in [1.29, 1.82) is 0 Å². The molecule has 0 amide bonds. The Morgan fingerprint density at radius 3 is 2.55 bits per heavy atom. The lowest BCUT2D eigenvalue weighted by atomic mass is 10.1. The molecule has 0 unspecified atom stereocenters. The summed E-state index contributed by atoms with van der Waals surface area (Å²) in [4.78, 5) is 4.12. The molecule has 0 aromatic carbocycles. The number of aromatic nitrogens is 1. The number of nitrogens with two attached hydrogens (primary N) is 1. The van der Waals surface area contributed by atoms with Crippen LogP contribution in [-0.4, -0.2) is 4.98 Å². The van der Waals surface area contributed by atoms with Gasteiger partial charge in [-0.3, -0.25) is 0 Å². The molecule has 1 heterocycles. The highest BCUT2D eigenvalue weighted by Gasteiger charge is 2.02. The van der Waals surface area contributed by atoms with Crippen LogP contribution in [-0.2, 0) is 0 Å². The Balaban J connectivity index is 3.08. The third-order valence-corrected chi connectivity index (χ3v) is 1.62. The normalized spacial score (nSPS) is 10.5. The highest BCUT2D eigenvalue weighted by molar-refractivity contribution is 6.29. The molecule has 0 radical (unpaired) electrons. The molecule has 11 heavy (non-hydrogen) atoms. The summed E-state index contributed by atoms with van der Waals surface area (Å²) in [5.74, 6) is 0.371. The van der Waals surface area contributed by atoms with Crippen molar-refractivity contribution in [3.05, 3.63) is 23.0 Å². The Labute approximate surface area is 71.4 Å². The van der Waals surface area contributed by atoms with Crippen LogP contribution in [0.1, 0.15) is 25.5 Å². The first-order valence-corrected chi connectivity index (χ1v) is 3.90. The van der Waals surface area contributed by atoms with E-state index in [-0.39, 0.29) is 0 Å².